The number of nitrogens with zero attached hydrogens (tertiary/aromatic N) is 2. The van der Waals surface area contributed by atoms with E-state index in [0.29, 0.717) is 22.5 Å². The number of anilines is 1. The van der Waals surface area contributed by atoms with Gasteiger partial charge >= 0.3 is 0 Å². The highest BCUT2D eigenvalue weighted by Gasteiger charge is 2.26. The first-order chi connectivity index (χ1) is 13.3. The Kier molecular flexibility index (Phi) is 6.61. The number of carbonyl (C=O) groups is 1. The molecule has 3 rings (SSSR count). The van der Waals surface area contributed by atoms with E-state index in [0.717, 1.165) is 16.4 Å². The lowest BCUT2D eigenvalue weighted by Crippen LogP contribution is -2.23. The van der Waals surface area contributed by atoms with Gasteiger partial charge in [-0.2, -0.15) is 0 Å². The summed E-state index contributed by atoms with van der Waals surface area (Å²) in [6.45, 7) is 7.97. The van der Waals surface area contributed by atoms with Crippen molar-refractivity contribution in [1.82, 2.24) is 9.55 Å². The van der Waals surface area contributed by atoms with Crippen molar-refractivity contribution in [2.75, 3.05) is 12.4 Å². The molecule has 152 valence electrons. The number of halogens is 1. The second-order valence-corrected chi connectivity index (χ2v) is 9.14. The van der Waals surface area contributed by atoms with Gasteiger partial charge in [-0.15, -0.1) is 0 Å². The van der Waals surface area contributed by atoms with Crippen LogP contribution in [0.4, 0.5) is 5.69 Å². The van der Waals surface area contributed by atoms with Crippen LogP contribution in [0.5, 0.6) is 5.75 Å². The molecule has 0 saturated heterocycles. The number of carbonyl (C=O) groups excluding carboxylic acids is 1. The van der Waals surface area contributed by atoms with Crippen molar-refractivity contribution in [3.05, 3.63) is 34.1 Å². The van der Waals surface area contributed by atoms with Crippen molar-refractivity contribution in [1.29, 1.82) is 0 Å². The van der Waals surface area contributed by atoms with Gasteiger partial charge in [0.15, 0.2) is 5.16 Å². The molecule has 2 aromatic rings. The number of methoxy groups -OCH3 is 1. The Bertz CT molecular complexity index is 875. The summed E-state index contributed by atoms with van der Waals surface area (Å²) in [5, 5.41) is 4.24. The number of ether oxygens (including phenoxy) is 1. The Balaban J connectivity index is 1.77. The minimum Gasteiger partial charge on any atom is -0.495 e. The summed E-state index contributed by atoms with van der Waals surface area (Å²) in [6, 6.07) is 4.06. The fourth-order valence-electron chi connectivity index (χ4n) is 3.65. The number of hydrogen-bond donors (Lipinski definition) is 1. The van der Waals surface area contributed by atoms with Gasteiger partial charge in [-0.25, -0.2) is 4.98 Å². The predicted octanol–water partition coefficient (Wildman–Crippen LogP) is 5.70. The van der Waals surface area contributed by atoms with Gasteiger partial charge in [-0.3, -0.25) is 4.79 Å². The van der Waals surface area contributed by atoms with Gasteiger partial charge in [0.05, 0.1) is 23.7 Å². The van der Waals surface area contributed by atoms with Crippen molar-refractivity contribution in [2.45, 2.75) is 69.8 Å². The Morgan fingerprint density at radius 3 is 2.64 bits per heavy atom. The highest BCUT2D eigenvalue weighted by molar-refractivity contribution is 8.00. The van der Waals surface area contributed by atoms with Crippen molar-refractivity contribution in [2.24, 2.45) is 0 Å². The Hall–Kier alpha value is -1.66. The van der Waals surface area contributed by atoms with Crippen molar-refractivity contribution < 1.29 is 9.53 Å². The zero-order valence-electron chi connectivity index (χ0n) is 17.1. The topological polar surface area (TPSA) is 56.1 Å². The van der Waals surface area contributed by atoms with Gasteiger partial charge in [0.25, 0.3) is 0 Å². The number of imidazole rings is 1. The molecule has 1 heterocycles. The molecule has 1 unspecified atom stereocenters. The molecule has 5 nitrogen and oxygen atoms in total. The summed E-state index contributed by atoms with van der Waals surface area (Å²) in [6.07, 6.45) is 4.90. The molecule has 1 N–H and O–H groups in total. The first kappa shape index (κ1) is 21.1. The highest BCUT2D eigenvalue weighted by Crippen LogP contribution is 2.37. The van der Waals surface area contributed by atoms with E-state index in [2.05, 4.69) is 16.8 Å². The molecular formula is C21H28ClN3O2S. The number of benzene rings is 1. The van der Waals surface area contributed by atoms with E-state index in [9.17, 15) is 4.79 Å². The standard InChI is InChI=1S/C21H28ClN3O2S/c1-12-10-18(19(27-5)11-17(12)22)24-20(26)15(4)28-21-23-13(2)14(3)25(21)16-8-6-7-9-16/h10-11,15-16H,6-9H2,1-5H3,(H,24,26). The summed E-state index contributed by atoms with van der Waals surface area (Å²) < 4.78 is 7.70. The van der Waals surface area contributed by atoms with E-state index in [1.165, 1.54) is 43.1 Å². The molecule has 1 atom stereocenters. The molecule has 0 bridgehead atoms. The second-order valence-electron chi connectivity index (χ2n) is 7.42. The molecule has 1 aliphatic carbocycles. The van der Waals surface area contributed by atoms with Crippen LogP contribution in [0.1, 0.15) is 55.6 Å². The number of rotatable bonds is 6. The maximum absolute atomic E-state index is 12.8. The third-order valence-electron chi connectivity index (χ3n) is 5.43. The summed E-state index contributed by atoms with van der Waals surface area (Å²) >= 11 is 7.67. The molecular weight excluding hydrogens is 394 g/mol. The van der Waals surface area contributed by atoms with E-state index in [4.69, 9.17) is 21.3 Å². The maximum Gasteiger partial charge on any atom is 0.237 e. The lowest BCUT2D eigenvalue weighted by molar-refractivity contribution is -0.115. The molecule has 7 heteroatoms. The molecule has 0 radical (unpaired) electrons. The number of hydrogen-bond acceptors (Lipinski definition) is 4. The molecule has 1 saturated carbocycles. The first-order valence-corrected chi connectivity index (χ1v) is 10.9. The van der Waals surface area contributed by atoms with Crippen LogP contribution in [0.25, 0.3) is 0 Å². The summed E-state index contributed by atoms with van der Waals surface area (Å²) in [5.74, 6) is 0.474. The molecule has 0 spiro atoms. The number of nitrogens with one attached hydrogen (secondary N) is 1. The van der Waals surface area contributed by atoms with Crippen LogP contribution in [-0.4, -0.2) is 27.8 Å². The lowest BCUT2D eigenvalue weighted by atomic mass is 10.2. The predicted molar refractivity (Wildman–Crippen MR) is 116 cm³/mol. The van der Waals surface area contributed by atoms with Crippen LogP contribution in [0.2, 0.25) is 5.02 Å². The van der Waals surface area contributed by atoms with Crippen molar-refractivity contribution in [3.63, 3.8) is 0 Å². The second kappa shape index (κ2) is 8.78. The fourth-order valence-corrected chi connectivity index (χ4v) is 4.87. The van der Waals surface area contributed by atoms with Crippen molar-refractivity contribution in [3.8, 4) is 5.75 Å². The zero-order chi connectivity index (χ0) is 20.4. The van der Waals surface area contributed by atoms with Gasteiger partial charge in [-0.1, -0.05) is 36.2 Å². The zero-order valence-corrected chi connectivity index (χ0v) is 18.7. The summed E-state index contributed by atoms with van der Waals surface area (Å²) in [4.78, 5) is 17.6. The van der Waals surface area contributed by atoms with Crippen LogP contribution in [-0.2, 0) is 4.79 Å². The molecule has 1 aliphatic rings. The van der Waals surface area contributed by atoms with Crippen LogP contribution < -0.4 is 10.1 Å². The maximum atomic E-state index is 12.8. The Morgan fingerprint density at radius 2 is 2.00 bits per heavy atom. The SMILES string of the molecule is COc1cc(Cl)c(C)cc1NC(=O)C(C)Sc1nc(C)c(C)n1C1CCCC1. The molecule has 1 aromatic heterocycles. The monoisotopic (exact) mass is 421 g/mol. The molecule has 1 fully saturated rings. The van der Waals surface area contributed by atoms with Crippen LogP contribution in [0.15, 0.2) is 17.3 Å². The van der Waals surface area contributed by atoms with Gasteiger partial charge in [-0.05, 0) is 52.2 Å². The van der Waals surface area contributed by atoms with Gasteiger partial charge in [0, 0.05) is 22.8 Å². The van der Waals surface area contributed by atoms with Gasteiger partial charge < -0.3 is 14.6 Å². The summed E-state index contributed by atoms with van der Waals surface area (Å²) in [5.41, 5.74) is 3.77. The highest BCUT2D eigenvalue weighted by atomic mass is 35.5. The van der Waals surface area contributed by atoms with Gasteiger partial charge in [0.1, 0.15) is 5.75 Å². The van der Waals surface area contributed by atoms with Gasteiger partial charge in [0.2, 0.25) is 5.91 Å². The molecule has 28 heavy (non-hydrogen) atoms. The lowest BCUT2D eigenvalue weighted by Gasteiger charge is -2.19. The average molecular weight is 422 g/mol. The number of aromatic nitrogens is 2. The van der Waals surface area contributed by atoms with Crippen LogP contribution >= 0.6 is 23.4 Å². The molecule has 0 aliphatic heterocycles. The first-order valence-electron chi connectivity index (χ1n) is 9.69. The minimum atomic E-state index is -0.290. The van der Waals surface area contributed by atoms with Crippen LogP contribution in [0, 0.1) is 20.8 Å². The van der Waals surface area contributed by atoms with E-state index in [1.807, 2.05) is 26.8 Å². The quantitative estimate of drug-likeness (QED) is 0.607. The Morgan fingerprint density at radius 1 is 1.32 bits per heavy atom. The number of thioether (sulfide) groups is 1. The third-order valence-corrected chi connectivity index (χ3v) is 6.91. The Labute approximate surface area is 176 Å². The van der Waals surface area contributed by atoms with E-state index in [-0.39, 0.29) is 11.2 Å². The minimum absolute atomic E-state index is 0.0821. The van der Waals surface area contributed by atoms with E-state index < -0.39 is 0 Å². The number of amides is 1. The molecule has 1 amide bonds. The normalized spacial score (nSPS) is 15.6. The van der Waals surface area contributed by atoms with Crippen molar-refractivity contribution >= 4 is 35.0 Å². The molecule has 1 aromatic carbocycles. The smallest absolute Gasteiger partial charge is 0.237 e. The van der Waals surface area contributed by atoms with Crippen LogP contribution in [0.3, 0.4) is 0 Å². The fraction of sp³-hybridized carbons (Fsp3) is 0.524. The van der Waals surface area contributed by atoms with E-state index in [1.54, 1.807) is 13.2 Å². The number of aryl methyl sites for hydroxylation is 2. The summed E-state index contributed by atoms with van der Waals surface area (Å²) in [7, 11) is 1.57. The third kappa shape index (κ3) is 4.33. The van der Waals surface area contributed by atoms with E-state index >= 15 is 0 Å². The average Bonchev–Trinajstić information content (AvgIpc) is 3.26. The largest absolute Gasteiger partial charge is 0.495 e.